The number of hydrogen-bond acceptors (Lipinski definition) is 5. The molecule has 1 saturated heterocycles. The van der Waals surface area contributed by atoms with Crippen LogP contribution in [0, 0.1) is 5.82 Å². The highest BCUT2D eigenvalue weighted by molar-refractivity contribution is 8.26. The van der Waals surface area contributed by atoms with Crippen LogP contribution in [0.4, 0.5) is 10.1 Å². The summed E-state index contributed by atoms with van der Waals surface area (Å²) >= 11 is 6.51. The molecule has 1 fully saturated rings. The zero-order valence-electron chi connectivity index (χ0n) is 17.5. The Morgan fingerprint density at radius 1 is 1.06 bits per heavy atom. The first kappa shape index (κ1) is 22.7. The Hall–Kier alpha value is -3.49. The highest BCUT2D eigenvalue weighted by Gasteiger charge is 2.38. The molecule has 1 aliphatic rings. The van der Waals surface area contributed by atoms with Crippen molar-refractivity contribution in [2.24, 2.45) is 0 Å². The maximum Gasteiger partial charge on any atom is 0.266 e. The highest BCUT2D eigenvalue weighted by Crippen LogP contribution is 2.35. The predicted octanol–water partition coefficient (Wildman–Crippen LogP) is 5.85. The smallest absolute Gasteiger partial charge is 0.266 e. The highest BCUT2D eigenvalue weighted by atomic mass is 32.2. The van der Waals surface area contributed by atoms with Gasteiger partial charge in [-0.3, -0.25) is 14.5 Å². The van der Waals surface area contributed by atoms with Crippen LogP contribution in [0.3, 0.4) is 0 Å². The minimum absolute atomic E-state index is 0.296. The first-order valence-electron chi connectivity index (χ1n) is 10.1. The number of thioether (sulfide) groups is 1. The summed E-state index contributed by atoms with van der Waals surface area (Å²) in [4.78, 5) is 27.4. The number of ether oxygens (including phenoxy) is 1. The van der Waals surface area contributed by atoms with Crippen LogP contribution >= 0.6 is 24.0 Å². The summed E-state index contributed by atoms with van der Waals surface area (Å²) in [5, 5.41) is 2.68. The molecule has 33 heavy (non-hydrogen) atoms. The van der Waals surface area contributed by atoms with Crippen LogP contribution in [-0.2, 0) is 9.59 Å². The number of nitrogens with zero attached hydrogens (tertiary/aromatic N) is 1. The lowest BCUT2D eigenvalue weighted by Crippen LogP contribution is -2.44. The number of amides is 2. The first-order valence-corrected chi connectivity index (χ1v) is 11.3. The Morgan fingerprint density at radius 2 is 1.76 bits per heavy atom. The van der Waals surface area contributed by atoms with Crippen LogP contribution in [0.15, 0.2) is 83.8 Å². The summed E-state index contributed by atoms with van der Waals surface area (Å²) in [5.74, 6) is 0.180. The normalized spacial score (nSPS) is 15.6. The SMILES string of the molecule is CC(C(=O)Nc1ccc(F)cc1)N1C(=O)/C(=C/c2cccc(Oc3ccccc3)c2)SC1=S. The van der Waals surface area contributed by atoms with E-state index in [-0.39, 0.29) is 5.91 Å². The van der Waals surface area contributed by atoms with E-state index in [1.54, 1.807) is 13.0 Å². The van der Waals surface area contributed by atoms with Crippen molar-refractivity contribution < 1.29 is 18.7 Å². The largest absolute Gasteiger partial charge is 0.457 e. The number of nitrogens with one attached hydrogen (secondary N) is 1. The zero-order valence-corrected chi connectivity index (χ0v) is 19.2. The average molecular weight is 479 g/mol. The van der Waals surface area contributed by atoms with E-state index in [0.29, 0.717) is 26.4 Å². The summed E-state index contributed by atoms with van der Waals surface area (Å²) < 4.78 is 19.2. The van der Waals surface area contributed by atoms with Crippen LogP contribution in [-0.4, -0.2) is 27.1 Å². The third-order valence-electron chi connectivity index (χ3n) is 4.84. The molecule has 3 aromatic rings. The maximum atomic E-state index is 13.1. The molecule has 2 amide bonds. The lowest BCUT2D eigenvalue weighted by atomic mass is 10.2. The van der Waals surface area contributed by atoms with Crippen LogP contribution in [0.25, 0.3) is 6.08 Å². The summed E-state index contributed by atoms with van der Waals surface area (Å²) in [5.41, 5.74) is 1.21. The molecule has 1 N–H and O–H groups in total. The lowest BCUT2D eigenvalue weighted by molar-refractivity contribution is -0.129. The van der Waals surface area contributed by atoms with Crippen LogP contribution < -0.4 is 10.1 Å². The van der Waals surface area contributed by atoms with Gasteiger partial charge in [-0.2, -0.15) is 0 Å². The summed E-state index contributed by atoms with van der Waals surface area (Å²) in [6, 6.07) is 21.3. The second-order valence-corrected chi connectivity index (χ2v) is 8.89. The molecule has 1 heterocycles. The van der Waals surface area contributed by atoms with Gasteiger partial charge in [-0.05, 0) is 67.1 Å². The van der Waals surface area contributed by atoms with Crippen LogP contribution in [0.5, 0.6) is 11.5 Å². The minimum atomic E-state index is -0.832. The average Bonchev–Trinajstić information content (AvgIpc) is 3.08. The molecule has 0 saturated carbocycles. The molecule has 0 bridgehead atoms. The van der Waals surface area contributed by atoms with Crippen molar-refractivity contribution in [1.82, 2.24) is 4.90 Å². The van der Waals surface area contributed by atoms with Gasteiger partial charge in [-0.15, -0.1) is 0 Å². The quantitative estimate of drug-likeness (QED) is 0.356. The minimum Gasteiger partial charge on any atom is -0.457 e. The fourth-order valence-corrected chi connectivity index (χ4v) is 4.57. The zero-order chi connectivity index (χ0) is 23.4. The van der Waals surface area contributed by atoms with Crippen LogP contribution in [0.2, 0.25) is 0 Å². The van der Waals surface area contributed by atoms with E-state index in [1.807, 2.05) is 54.6 Å². The molecule has 1 unspecified atom stereocenters. The molecular weight excluding hydrogens is 459 g/mol. The van der Waals surface area contributed by atoms with E-state index in [1.165, 1.54) is 29.2 Å². The summed E-state index contributed by atoms with van der Waals surface area (Å²) in [7, 11) is 0. The Balaban J connectivity index is 1.47. The number of hydrogen-bond donors (Lipinski definition) is 1. The Labute approximate surface area is 200 Å². The number of carbonyl (C=O) groups excluding carboxylic acids is 2. The van der Waals surface area contributed by atoms with Gasteiger partial charge in [0.25, 0.3) is 5.91 Å². The molecular formula is C25H19FN2O3S2. The molecule has 5 nitrogen and oxygen atoms in total. The topological polar surface area (TPSA) is 58.6 Å². The fourth-order valence-electron chi connectivity index (χ4n) is 3.15. The molecule has 3 aromatic carbocycles. The van der Waals surface area contributed by atoms with Gasteiger partial charge in [0.05, 0.1) is 4.91 Å². The van der Waals surface area contributed by atoms with Crippen molar-refractivity contribution in [3.63, 3.8) is 0 Å². The van der Waals surface area contributed by atoms with Gasteiger partial charge in [0.15, 0.2) is 0 Å². The van der Waals surface area contributed by atoms with Gasteiger partial charge in [0.1, 0.15) is 27.7 Å². The first-order chi connectivity index (χ1) is 15.9. The Kier molecular flexibility index (Phi) is 6.86. The lowest BCUT2D eigenvalue weighted by Gasteiger charge is -2.22. The van der Waals surface area contributed by atoms with Gasteiger partial charge < -0.3 is 10.1 Å². The van der Waals surface area contributed by atoms with Crippen molar-refractivity contribution in [1.29, 1.82) is 0 Å². The summed E-state index contributed by atoms with van der Waals surface area (Å²) in [6.07, 6.45) is 1.72. The van der Waals surface area contributed by atoms with E-state index < -0.39 is 17.8 Å². The van der Waals surface area contributed by atoms with E-state index in [0.717, 1.165) is 17.3 Å². The van der Waals surface area contributed by atoms with E-state index in [9.17, 15) is 14.0 Å². The third kappa shape index (κ3) is 5.47. The molecule has 0 aliphatic carbocycles. The predicted molar refractivity (Wildman–Crippen MR) is 132 cm³/mol. The number of carbonyl (C=O) groups is 2. The molecule has 0 spiro atoms. The number of thiocarbonyl (C=S) groups is 1. The molecule has 4 rings (SSSR count). The van der Waals surface area contributed by atoms with Gasteiger partial charge in [0.2, 0.25) is 5.91 Å². The van der Waals surface area contributed by atoms with Crippen molar-refractivity contribution in [3.8, 4) is 11.5 Å². The molecule has 8 heteroatoms. The van der Waals surface area contributed by atoms with Crippen molar-refractivity contribution in [3.05, 3.63) is 95.1 Å². The maximum absolute atomic E-state index is 13.1. The molecule has 166 valence electrons. The number of benzene rings is 3. The van der Waals surface area contributed by atoms with Crippen molar-refractivity contribution in [2.75, 3.05) is 5.32 Å². The molecule has 1 aliphatic heterocycles. The fraction of sp³-hybridized carbons (Fsp3) is 0.0800. The number of halogens is 1. The summed E-state index contributed by atoms with van der Waals surface area (Å²) in [6.45, 7) is 1.60. The Morgan fingerprint density at radius 3 is 2.48 bits per heavy atom. The number of anilines is 1. The van der Waals surface area contributed by atoms with Gasteiger partial charge in [-0.1, -0.05) is 54.3 Å². The van der Waals surface area contributed by atoms with Gasteiger partial charge >= 0.3 is 0 Å². The van der Waals surface area contributed by atoms with E-state index in [2.05, 4.69) is 5.32 Å². The molecule has 0 aromatic heterocycles. The Bertz CT molecular complexity index is 1230. The molecule has 1 atom stereocenters. The van der Waals surface area contributed by atoms with Crippen LogP contribution in [0.1, 0.15) is 12.5 Å². The monoisotopic (exact) mass is 478 g/mol. The number of para-hydroxylation sites is 1. The van der Waals surface area contributed by atoms with Gasteiger partial charge in [0, 0.05) is 5.69 Å². The second kappa shape index (κ2) is 9.97. The number of rotatable bonds is 6. The van der Waals surface area contributed by atoms with Gasteiger partial charge in [-0.25, -0.2) is 4.39 Å². The standard InChI is InChI=1S/C25H19FN2O3S2/c1-16(23(29)27-19-12-10-18(26)11-13-19)28-24(30)22(33-25(28)32)15-17-6-5-9-21(14-17)31-20-7-3-2-4-8-20/h2-16H,1H3,(H,27,29)/b22-15-. The second-order valence-electron chi connectivity index (χ2n) is 7.21. The van der Waals surface area contributed by atoms with E-state index in [4.69, 9.17) is 17.0 Å². The van der Waals surface area contributed by atoms with Crippen molar-refractivity contribution in [2.45, 2.75) is 13.0 Å². The third-order valence-corrected chi connectivity index (χ3v) is 6.17. The van der Waals surface area contributed by atoms with E-state index >= 15 is 0 Å². The molecule has 0 radical (unpaired) electrons. The van der Waals surface area contributed by atoms with Crippen molar-refractivity contribution >= 4 is 51.9 Å².